The molecular weight excluding hydrogens is 192 g/mol. The molecule has 0 spiro atoms. The third kappa shape index (κ3) is 2.08. The minimum absolute atomic E-state index is 0.386. The number of nitrogens with zero attached hydrogens (tertiary/aromatic N) is 5. The maximum absolute atomic E-state index is 8.56. The van der Waals surface area contributed by atoms with Crippen molar-refractivity contribution in [2.24, 2.45) is 0 Å². The Labute approximate surface area is 86.0 Å². The van der Waals surface area contributed by atoms with Crippen LogP contribution in [-0.2, 0) is 6.54 Å². The largest absolute Gasteiger partial charge is 0.381 e. The minimum atomic E-state index is 0.386. The molecule has 0 fully saturated rings. The Morgan fingerprint density at radius 1 is 1.40 bits per heavy atom. The molecule has 0 bridgehead atoms. The SMILES string of the molecule is N#Cc1ccc(Cn2ncc(N)n2)cn1. The van der Waals surface area contributed by atoms with Gasteiger partial charge < -0.3 is 5.73 Å². The molecule has 0 aliphatic rings. The van der Waals surface area contributed by atoms with E-state index in [4.69, 9.17) is 11.0 Å². The summed E-state index contributed by atoms with van der Waals surface area (Å²) in [4.78, 5) is 5.41. The highest BCUT2D eigenvalue weighted by Gasteiger charge is 1.99. The van der Waals surface area contributed by atoms with E-state index in [1.54, 1.807) is 12.3 Å². The second-order valence-corrected chi connectivity index (χ2v) is 2.96. The van der Waals surface area contributed by atoms with Crippen molar-refractivity contribution in [3.05, 3.63) is 35.8 Å². The number of anilines is 1. The number of hydrogen-bond acceptors (Lipinski definition) is 5. The topological polar surface area (TPSA) is 93.4 Å². The first kappa shape index (κ1) is 9.15. The molecule has 6 nitrogen and oxygen atoms in total. The summed E-state index contributed by atoms with van der Waals surface area (Å²) in [5.41, 5.74) is 6.74. The van der Waals surface area contributed by atoms with Gasteiger partial charge in [-0.15, -0.1) is 5.10 Å². The molecule has 0 amide bonds. The Hall–Kier alpha value is -2.42. The Bertz CT molecular complexity index is 492. The van der Waals surface area contributed by atoms with E-state index in [1.807, 2.05) is 12.1 Å². The van der Waals surface area contributed by atoms with E-state index in [9.17, 15) is 0 Å². The molecule has 0 saturated carbocycles. The molecule has 2 aromatic rings. The number of aromatic nitrogens is 4. The highest BCUT2D eigenvalue weighted by molar-refractivity contribution is 5.23. The lowest BCUT2D eigenvalue weighted by Crippen LogP contribution is -2.04. The van der Waals surface area contributed by atoms with Crippen molar-refractivity contribution in [1.82, 2.24) is 20.0 Å². The van der Waals surface area contributed by atoms with Crippen LogP contribution < -0.4 is 5.73 Å². The fourth-order valence-electron chi connectivity index (χ4n) is 1.13. The van der Waals surface area contributed by atoms with Crippen molar-refractivity contribution in [1.29, 1.82) is 5.26 Å². The van der Waals surface area contributed by atoms with Crippen LogP contribution in [0.25, 0.3) is 0 Å². The van der Waals surface area contributed by atoms with Crippen molar-refractivity contribution < 1.29 is 0 Å². The Morgan fingerprint density at radius 2 is 2.27 bits per heavy atom. The Kier molecular flexibility index (Phi) is 2.29. The molecule has 0 aromatic carbocycles. The van der Waals surface area contributed by atoms with Crippen LogP contribution in [0.1, 0.15) is 11.3 Å². The summed E-state index contributed by atoms with van der Waals surface area (Å²) in [6.07, 6.45) is 3.11. The third-order valence-electron chi connectivity index (χ3n) is 1.82. The van der Waals surface area contributed by atoms with Crippen LogP contribution in [0.2, 0.25) is 0 Å². The summed E-state index contributed by atoms with van der Waals surface area (Å²) in [5.74, 6) is 0.386. The van der Waals surface area contributed by atoms with E-state index in [-0.39, 0.29) is 0 Å². The van der Waals surface area contributed by atoms with E-state index in [2.05, 4.69) is 15.2 Å². The smallest absolute Gasteiger partial charge is 0.165 e. The van der Waals surface area contributed by atoms with Gasteiger partial charge in [0.15, 0.2) is 5.82 Å². The van der Waals surface area contributed by atoms with Crippen molar-refractivity contribution in [2.45, 2.75) is 6.54 Å². The zero-order valence-electron chi connectivity index (χ0n) is 7.83. The molecule has 2 aromatic heterocycles. The van der Waals surface area contributed by atoms with E-state index in [0.717, 1.165) is 5.56 Å². The molecule has 0 aliphatic carbocycles. The lowest BCUT2D eigenvalue weighted by Gasteiger charge is -1.98. The van der Waals surface area contributed by atoms with Gasteiger partial charge in [0.1, 0.15) is 11.8 Å². The first-order valence-electron chi connectivity index (χ1n) is 4.28. The minimum Gasteiger partial charge on any atom is -0.381 e. The summed E-state index contributed by atoms with van der Waals surface area (Å²) >= 11 is 0. The number of hydrogen-bond donors (Lipinski definition) is 1. The summed E-state index contributed by atoms with van der Waals surface area (Å²) in [7, 11) is 0. The fraction of sp³-hybridized carbons (Fsp3) is 0.111. The van der Waals surface area contributed by atoms with Gasteiger partial charge in [0, 0.05) is 6.20 Å². The molecular formula is C9H8N6. The quantitative estimate of drug-likeness (QED) is 0.746. The lowest BCUT2D eigenvalue weighted by molar-refractivity contribution is 0.592. The van der Waals surface area contributed by atoms with Gasteiger partial charge >= 0.3 is 0 Å². The van der Waals surface area contributed by atoms with E-state index >= 15 is 0 Å². The van der Waals surface area contributed by atoms with Crippen LogP contribution in [0.15, 0.2) is 24.5 Å². The zero-order valence-corrected chi connectivity index (χ0v) is 7.83. The second-order valence-electron chi connectivity index (χ2n) is 2.96. The van der Waals surface area contributed by atoms with Crippen LogP contribution >= 0.6 is 0 Å². The third-order valence-corrected chi connectivity index (χ3v) is 1.82. The molecule has 6 heteroatoms. The van der Waals surface area contributed by atoms with Gasteiger partial charge in [0.2, 0.25) is 0 Å². The van der Waals surface area contributed by atoms with Crippen LogP contribution in [0.4, 0.5) is 5.82 Å². The lowest BCUT2D eigenvalue weighted by atomic mass is 10.2. The normalized spacial score (nSPS) is 9.80. The molecule has 74 valence electrons. The van der Waals surface area contributed by atoms with Crippen LogP contribution in [-0.4, -0.2) is 20.0 Å². The van der Waals surface area contributed by atoms with Crippen LogP contribution in [0.3, 0.4) is 0 Å². The summed E-state index contributed by atoms with van der Waals surface area (Å²) in [6, 6.07) is 5.42. The highest BCUT2D eigenvalue weighted by Crippen LogP contribution is 2.01. The molecule has 0 saturated heterocycles. The second kappa shape index (κ2) is 3.75. The van der Waals surface area contributed by atoms with Crippen molar-refractivity contribution >= 4 is 5.82 Å². The van der Waals surface area contributed by atoms with Gasteiger partial charge in [0.05, 0.1) is 12.7 Å². The molecule has 0 aliphatic heterocycles. The summed E-state index contributed by atoms with van der Waals surface area (Å²) in [6.45, 7) is 0.496. The van der Waals surface area contributed by atoms with Gasteiger partial charge in [-0.25, -0.2) is 4.98 Å². The molecule has 0 radical (unpaired) electrons. The van der Waals surface area contributed by atoms with Gasteiger partial charge in [-0.1, -0.05) is 6.07 Å². The van der Waals surface area contributed by atoms with Crippen molar-refractivity contribution in [2.75, 3.05) is 5.73 Å². The number of nitriles is 1. The molecule has 2 N–H and O–H groups in total. The predicted molar refractivity (Wildman–Crippen MR) is 52.5 cm³/mol. The van der Waals surface area contributed by atoms with Crippen LogP contribution in [0, 0.1) is 11.3 Å². The summed E-state index contributed by atoms with van der Waals surface area (Å²) in [5, 5.41) is 16.4. The fourth-order valence-corrected chi connectivity index (χ4v) is 1.13. The Morgan fingerprint density at radius 3 is 2.80 bits per heavy atom. The molecule has 0 atom stereocenters. The van der Waals surface area contributed by atoms with E-state index < -0.39 is 0 Å². The van der Waals surface area contributed by atoms with Gasteiger partial charge in [-0.2, -0.15) is 15.2 Å². The Balaban J connectivity index is 2.15. The number of nitrogen functional groups attached to an aromatic ring is 1. The first-order chi connectivity index (χ1) is 7.28. The van der Waals surface area contributed by atoms with Crippen LogP contribution in [0.5, 0.6) is 0 Å². The number of pyridine rings is 1. The predicted octanol–water partition coefficient (Wildman–Crippen LogP) is 0.175. The van der Waals surface area contributed by atoms with Gasteiger partial charge in [-0.3, -0.25) is 0 Å². The van der Waals surface area contributed by atoms with Crippen molar-refractivity contribution in [3.8, 4) is 6.07 Å². The first-order valence-corrected chi connectivity index (χ1v) is 4.28. The molecule has 2 rings (SSSR count). The molecule has 2 heterocycles. The maximum Gasteiger partial charge on any atom is 0.165 e. The average molecular weight is 200 g/mol. The average Bonchev–Trinajstić information content (AvgIpc) is 2.65. The maximum atomic E-state index is 8.56. The molecule has 0 unspecified atom stereocenters. The zero-order chi connectivity index (χ0) is 10.7. The number of rotatable bonds is 2. The molecule has 15 heavy (non-hydrogen) atoms. The highest BCUT2D eigenvalue weighted by atomic mass is 15.5. The van der Waals surface area contributed by atoms with Crippen molar-refractivity contribution in [3.63, 3.8) is 0 Å². The summed E-state index contributed by atoms with van der Waals surface area (Å²) < 4.78 is 0. The van der Waals surface area contributed by atoms with Gasteiger partial charge in [0.25, 0.3) is 0 Å². The van der Waals surface area contributed by atoms with Gasteiger partial charge in [-0.05, 0) is 11.6 Å². The van der Waals surface area contributed by atoms with E-state index in [0.29, 0.717) is 18.1 Å². The number of nitrogens with two attached hydrogens (primary N) is 1. The monoisotopic (exact) mass is 200 g/mol. The standard InChI is InChI=1S/C9H8N6/c10-3-8-2-1-7(4-12-8)6-15-13-5-9(11)14-15/h1-2,4-5H,6H2,(H2,11,14). The van der Waals surface area contributed by atoms with E-state index in [1.165, 1.54) is 11.0 Å².